The van der Waals surface area contributed by atoms with Crippen LogP contribution in [0.25, 0.3) is 0 Å². The monoisotopic (exact) mass is 253 g/mol. The minimum absolute atomic E-state index is 0.0391. The zero-order valence-corrected chi connectivity index (χ0v) is 10.9. The van der Waals surface area contributed by atoms with Gasteiger partial charge in [0.25, 0.3) is 5.69 Å². The molecule has 1 aromatic carbocycles. The smallest absolute Gasteiger partial charge is 0.270 e. The number of aliphatic hydroxyl groups is 1. The number of nitro groups is 1. The molecule has 18 heavy (non-hydrogen) atoms. The Labute approximate surface area is 107 Å². The third-order valence-corrected chi connectivity index (χ3v) is 2.86. The normalized spacial score (nSPS) is 12.5. The summed E-state index contributed by atoms with van der Waals surface area (Å²) in [5.41, 5.74) is 0.416. The van der Waals surface area contributed by atoms with Gasteiger partial charge in [-0.05, 0) is 25.8 Å². The van der Waals surface area contributed by atoms with E-state index in [9.17, 15) is 15.2 Å². The third kappa shape index (κ3) is 3.43. The number of nitrogens with zero attached hydrogens (tertiary/aromatic N) is 1. The van der Waals surface area contributed by atoms with E-state index in [1.807, 2.05) is 13.8 Å². The van der Waals surface area contributed by atoms with Gasteiger partial charge in [-0.3, -0.25) is 10.1 Å². The van der Waals surface area contributed by atoms with Crippen LogP contribution in [0.15, 0.2) is 18.2 Å². The highest BCUT2D eigenvalue weighted by Crippen LogP contribution is 2.30. The second kappa shape index (κ2) is 6.35. The molecule has 0 bridgehead atoms. The third-order valence-electron chi connectivity index (χ3n) is 2.86. The summed E-state index contributed by atoms with van der Waals surface area (Å²) in [6.45, 7) is 5.60. The molecule has 5 nitrogen and oxygen atoms in total. The van der Waals surface area contributed by atoms with Crippen LogP contribution in [-0.2, 0) is 0 Å². The fraction of sp³-hybridized carbons (Fsp3) is 0.538. The van der Waals surface area contributed by atoms with Crippen LogP contribution in [0.5, 0.6) is 5.75 Å². The van der Waals surface area contributed by atoms with Gasteiger partial charge in [0.1, 0.15) is 5.75 Å². The first kappa shape index (κ1) is 14.4. The first-order chi connectivity index (χ1) is 8.49. The first-order valence-electron chi connectivity index (χ1n) is 6.12. The second-order valence-corrected chi connectivity index (χ2v) is 4.21. The van der Waals surface area contributed by atoms with Crippen LogP contribution in [0.1, 0.15) is 45.3 Å². The van der Waals surface area contributed by atoms with E-state index in [1.165, 1.54) is 12.1 Å². The molecule has 0 saturated heterocycles. The molecule has 0 aliphatic carbocycles. The summed E-state index contributed by atoms with van der Waals surface area (Å²) < 4.78 is 5.76. The highest BCUT2D eigenvalue weighted by molar-refractivity contribution is 5.44. The lowest BCUT2D eigenvalue weighted by atomic mass is 10.1. The quantitative estimate of drug-likeness (QED) is 0.624. The number of aliphatic hydroxyl groups excluding tert-OH is 1. The maximum atomic E-state index is 10.7. The largest absolute Gasteiger partial charge is 0.490 e. The number of hydrogen-bond acceptors (Lipinski definition) is 4. The molecule has 1 aromatic rings. The van der Waals surface area contributed by atoms with E-state index in [0.29, 0.717) is 11.3 Å². The lowest BCUT2D eigenvalue weighted by Gasteiger charge is -2.19. The van der Waals surface area contributed by atoms with Crippen molar-refractivity contribution in [1.82, 2.24) is 0 Å². The number of rotatable bonds is 6. The molecular weight excluding hydrogens is 234 g/mol. The topological polar surface area (TPSA) is 72.6 Å². The molecular formula is C13H19NO4. The molecule has 1 rings (SSSR count). The van der Waals surface area contributed by atoms with Gasteiger partial charge in [0.2, 0.25) is 0 Å². The summed E-state index contributed by atoms with van der Waals surface area (Å²) >= 11 is 0. The summed E-state index contributed by atoms with van der Waals surface area (Å²) in [7, 11) is 0. The number of non-ortho nitro benzene ring substituents is 1. The predicted octanol–water partition coefficient (Wildman–Crippen LogP) is 3.22. The van der Waals surface area contributed by atoms with Crippen LogP contribution in [0.2, 0.25) is 0 Å². The van der Waals surface area contributed by atoms with E-state index in [4.69, 9.17) is 4.74 Å². The van der Waals surface area contributed by atoms with Crippen LogP contribution >= 0.6 is 0 Å². The van der Waals surface area contributed by atoms with Crippen molar-refractivity contribution in [1.29, 1.82) is 0 Å². The van der Waals surface area contributed by atoms with E-state index in [0.717, 1.165) is 12.8 Å². The Balaban J connectivity index is 3.07. The summed E-state index contributed by atoms with van der Waals surface area (Å²) in [5, 5.41) is 20.4. The number of benzene rings is 1. The average Bonchev–Trinajstić information content (AvgIpc) is 2.35. The summed E-state index contributed by atoms with van der Waals surface area (Å²) in [6.07, 6.45) is 0.970. The number of nitro benzene ring substituents is 1. The number of hydrogen-bond donors (Lipinski definition) is 1. The van der Waals surface area contributed by atoms with Gasteiger partial charge in [0.05, 0.1) is 17.1 Å². The fourth-order valence-electron chi connectivity index (χ4n) is 1.72. The van der Waals surface area contributed by atoms with Gasteiger partial charge in [-0.25, -0.2) is 0 Å². The first-order valence-corrected chi connectivity index (χ1v) is 6.12. The van der Waals surface area contributed by atoms with Crippen LogP contribution < -0.4 is 4.74 Å². The van der Waals surface area contributed by atoms with Crippen molar-refractivity contribution in [3.8, 4) is 5.75 Å². The van der Waals surface area contributed by atoms with E-state index in [1.54, 1.807) is 13.0 Å². The lowest BCUT2D eigenvalue weighted by Crippen LogP contribution is -2.15. The van der Waals surface area contributed by atoms with Crippen LogP contribution in [-0.4, -0.2) is 16.1 Å². The summed E-state index contributed by atoms with van der Waals surface area (Å²) in [4.78, 5) is 10.2. The Morgan fingerprint density at radius 2 is 2.00 bits per heavy atom. The molecule has 0 spiro atoms. The Morgan fingerprint density at radius 1 is 1.39 bits per heavy atom. The molecule has 0 saturated carbocycles. The molecule has 0 aromatic heterocycles. The highest BCUT2D eigenvalue weighted by Gasteiger charge is 2.17. The van der Waals surface area contributed by atoms with Crippen LogP contribution in [0.3, 0.4) is 0 Å². The molecule has 0 fully saturated rings. The van der Waals surface area contributed by atoms with Crippen molar-refractivity contribution in [2.24, 2.45) is 0 Å². The average molecular weight is 253 g/mol. The van der Waals surface area contributed by atoms with E-state index in [2.05, 4.69) is 0 Å². The Morgan fingerprint density at radius 3 is 2.44 bits per heavy atom. The SMILES string of the molecule is CCC(CC)Oc1ccc([N+](=O)[O-])cc1C(C)O. The van der Waals surface area contributed by atoms with Crippen molar-refractivity contribution in [3.63, 3.8) is 0 Å². The molecule has 0 aliphatic heterocycles. The molecule has 1 N–H and O–H groups in total. The Hall–Kier alpha value is -1.62. The zero-order valence-electron chi connectivity index (χ0n) is 10.9. The zero-order chi connectivity index (χ0) is 13.7. The van der Waals surface area contributed by atoms with Crippen molar-refractivity contribution in [2.45, 2.75) is 45.8 Å². The van der Waals surface area contributed by atoms with Gasteiger partial charge in [0.15, 0.2) is 0 Å². The molecule has 1 atom stereocenters. The van der Waals surface area contributed by atoms with E-state index < -0.39 is 11.0 Å². The maximum absolute atomic E-state index is 10.7. The van der Waals surface area contributed by atoms with Crippen molar-refractivity contribution < 1.29 is 14.8 Å². The molecule has 0 heterocycles. The second-order valence-electron chi connectivity index (χ2n) is 4.21. The predicted molar refractivity (Wildman–Crippen MR) is 68.7 cm³/mol. The summed E-state index contributed by atoms with van der Waals surface area (Å²) in [5.74, 6) is 0.518. The Bertz CT molecular complexity index is 413. The molecule has 1 unspecified atom stereocenters. The molecule has 0 aliphatic rings. The van der Waals surface area contributed by atoms with E-state index in [-0.39, 0.29) is 11.8 Å². The van der Waals surface area contributed by atoms with E-state index >= 15 is 0 Å². The van der Waals surface area contributed by atoms with Crippen molar-refractivity contribution >= 4 is 5.69 Å². The molecule has 0 radical (unpaired) electrons. The Kier molecular flexibility index (Phi) is 5.09. The number of ether oxygens (including phenoxy) is 1. The highest BCUT2D eigenvalue weighted by atomic mass is 16.6. The minimum atomic E-state index is -0.797. The van der Waals surface area contributed by atoms with Gasteiger partial charge in [-0.15, -0.1) is 0 Å². The van der Waals surface area contributed by atoms with Crippen molar-refractivity contribution in [3.05, 3.63) is 33.9 Å². The van der Waals surface area contributed by atoms with Crippen LogP contribution in [0, 0.1) is 10.1 Å². The van der Waals surface area contributed by atoms with Crippen LogP contribution in [0.4, 0.5) is 5.69 Å². The van der Waals surface area contributed by atoms with Gasteiger partial charge in [-0.1, -0.05) is 13.8 Å². The van der Waals surface area contributed by atoms with Gasteiger partial charge in [0, 0.05) is 17.7 Å². The molecule has 5 heteroatoms. The standard InChI is InChI=1S/C13H19NO4/c1-4-11(5-2)18-13-7-6-10(14(16)17)8-12(13)9(3)15/h6-9,11,15H,4-5H2,1-3H3. The fourth-order valence-corrected chi connectivity index (χ4v) is 1.72. The lowest BCUT2D eigenvalue weighted by molar-refractivity contribution is -0.385. The van der Waals surface area contributed by atoms with Crippen molar-refractivity contribution in [2.75, 3.05) is 0 Å². The van der Waals surface area contributed by atoms with Gasteiger partial charge in [-0.2, -0.15) is 0 Å². The molecule has 100 valence electrons. The summed E-state index contributed by atoms with van der Waals surface area (Å²) in [6, 6.07) is 4.31. The maximum Gasteiger partial charge on any atom is 0.270 e. The minimum Gasteiger partial charge on any atom is -0.490 e. The molecule has 0 amide bonds. The van der Waals surface area contributed by atoms with Gasteiger partial charge >= 0.3 is 0 Å². The van der Waals surface area contributed by atoms with Gasteiger partial charge < -0.3 is 9.84 Å².